The minimum Gasteiger partial charge on any atom is -0.398 e. The molecule has 0 saturated carbocycles. The number of sulfonamides is 1. The van der Waals surface area contributed by atoms with E-state index >= 15 is 0 Å². The highest BCUT2D eigenvalue weighted by atomic mass is 79.9. The maximum absolute atomic E-state index is 12.5. The molecule has 0 aromatic heterocycles. The zero-order valence-electron chi connectivity index (χ0n) is 11.8. The second kappa shape index (κ2) is 5.87. The number of piperidine rings is 1. The van der Waals surface area contributed by atoms with Crippen molar-refractivity contribution in [3.05, 3.63) is 22.7 Å². The van der Waals surface area contributed by atoms with Gasteiger partial charge in [-0.05, 0) is 72.9 Å². The minimum atomic E-state index is -3.48. The fraction of sp³-hybridized carbons (Fsp3) is 0.571. The van der Waals surface area contributed by atoms with E-state index in [1.165, 1.54) is 12.8 Å². The number of fused-ring (bicyclic) bond motifs is 1. The molecule has 116 valence electrons. The molecule has 2 atom stereocenters. The first kappa shape index (κ1) is 15.3. The van der Waals surface area contributed by atoms with Crippen molar-refractivity contribution in [2.24, 2.45) is 0 Å². The third-order valence-corrected chi connectivity index (χ3v) is 6.63. The molecule has 0 radical (unpaired) electrons. The Hall–Kier alpha value is -0.630. The van der Waals surface area contributed by atoms with Gasteiger partial charge < -0.3 is 10.6 Å². The van der Waals surface area contributed by atoms with Crippen molar-refractivity contribution in [2.75, 3.05) is 18.8 Å². The van der Waals surface area contributed by atoms with Gasteiger partial charge in [0.15, 0.2) is 0 Å². The summed E-state index contributed by atoms with van der Waals surface area (Å²) in [6, 6.07) is 5.29. The molecule has 2 saturated heterocycles. The van der Waals surface area contributed by atoms with Gasteiger partial charge in [0.2, 0.25) is 10.0 Å². The largest absolute Gasteiger partial charge is 0.398 e. The number of nitrogens with one attached hydrogen (secondary N) is 1. The molecule has 2 heterocycles. The van der Waals surface area contributed by atoms with E-state index in [2.05, 4.69) is 25.6 Å². The van der Waals surface area contributed by atoms with Gasteiger partial charge in [0.05, 0.1) is 4.90 Å². The maximum Gasteiger partial charge on any atom is 0.240 e. The van der Waals surface area contributed by atoms with E-state index in [-0.39, 0.29) is 10.9 Å². The van der Waals surface area contributed by atoms with E-state index in [4.69, 9.17) is 5.73 Å². The first-order valence-corrected chi connectivity index (χ1v) is 9.55. The SMILES string of the molecule is Nc1ccc(S(=O)(=O)NC2CCN3CCCC3C2)cc1Br. The zero-order valence-corrected chi connectivity index (χ0v) is 14.2. The number of hydrogen-bond acceptors (Lipinski definition) is 4. The lowest BCUT2D eigenvalue weighted by Crippen LogP contribution is -2.47. The average molecular weight is 374 g/mol. The van der Waals surface area contributed by atoms with Crippen LogP contribution in [0.5, 0.6) is 0 Å². The topological polar surface area (TPSA) is 75.4 Å². The molecule has 3 rings (SSSR count). The summed E-state index contributed by atoms with van der Waals surface area (Å²) in [5, 5.41) is 0. The first-order valence-electron chi connectivity index (χ1n) is 7.27. The Balaban J connectivity index is 1.72. The summed E-state index contributed by atoms with van der Waals surface area (Å²) in [4.78, 5) is 2.74. The molecule has 0 aliphatic carbocycles. The van der Waals surface area contributed by atoms with Gasteiger partial charge in [-0.2, -0.15) is 0 Å². The zero-order chi connectivity index (χ0) is 15.0. The monoisotopic (exact) mass is 373 g/mol. The highest BCUT2D eigenvalue weighted by Crippen LogP contribution is 2.28. The van der Waals surface area contributed by atoms with Crippen LogP contribution in [0.4, 0.5) is 5.69 Å². The third-order valence-electron chi connectivity index (χ3n) is 4.42. The smallest absolute Gasteiger partial charge is 0.240 e. The van der Waals surface area contributed by atoms with Crippen molar-refractivity contribution in [2.45, 2.75) is 42.7 Å². The van der Waals surface area contributed by atoms with Gasteiger partial charge in [0.25, 0.3) is 0 Å². The molecule has 0 amide bonds. The number of halogens is 1. The van der Waals surface area contributed by atoms with E-state index in [9.17, 15) is 8.42 Å². The third kappa shape index (κ3) is 3.26. The number of anilines is 1. The lowest BCUT2D eigenvalue weighted by molar-refractivity contribution is 0.176. The molecule has 2 unspecified atom stereocenters. The van der Waals surface area contributed by atoms with Crippen molar-refractivity contribution in [3.8, 4) is 0 Å². The Morgan fingerprint density at radius 3 is 2.86 bits per heavy atom. The highest BCUT2D eigenvalue weighted by molar-refractivity contribution is 9.10. The van der Waals surface area contributed by atoms with Crippen molar-refractivity contribution in [1.29, 1.82) is 0 Å². The number of nitrogen functional groups attached to an aromatic ring is 1. The van der Waals surface area contributed by atoms with E-state index in [0.717, 1.165) is 25.9 Å². The Kier molecular flexibility index (Phi) is 4.27. The molecular formula is C14H20BrN3O2S. The fourth-order valence-corrected chi connectivity index (χ4v) is 5.13. The maximum atomic E-state index is 12.5. The van der Waals surface area contributed by atoms with Crippen molar-refractivity contribution in [3.63, 3.8) is 0 Å². The van der Waals surface area contributed by atoms with Gasteiger partial charge in [-0.1, -0.05) is 0 Å². The summed E-state index contributed by atoms with van der Waals surface area (Å²) in [5.74, 6) is 0. The second-order valence-corrected chi connectivity index (χ2v) is 8.43. The van der Waals surface area contributed by atoms with Crippen molar-refractivity contribution in [1.82, 2.24) is 9.62 Å². The molecule has 21 heavy (non-hydrogen) atoms. The predicted octanol–water partition coefficient (Wildman–Crippen LogP) is 1.94. The lowest BCUT2D eigenvalue weighted by atomic mass is 9.99. The Morgan fingerprint density at radius 2 is 2.10 bits per heavy atom. The molecule has 3 N–H and O–H groups in total. The van der Waals surface area contributed by atoms with E-state index < -0.39 is 10.0 Å². The molecule has 2 fully saturated rings. The molecule has 0 spiro atoms. The van der Waals surface area contributed by atoms with Crippen LogP contribution in [0.25, 0.3) is 0 Å². The number of hydrogen-bond donors (Lipinski definition) is 2. The molecule has 5 nitrogen and oxygen atoms in total. The van der Waals surface area contributed by atoms with Gasteiger partial charge in [-0.25, -0.2) is 13.1 Å². The number of benzene rings is 1. The summed E-state index contributed by atoms with van der Waals surface area (Å²) in [6.07, 6.45) is 4.21. The normalized spacial score (nSPS) is 26.7. The number of rotatable bonds is 3. The van der Waals surface area contributed by atoms with Crippen LogP contribution in [0.15, 0.2) is 27.6 Å². The summed E-state index contributed by atoms with van der Waals surface area (Å²) in [5.41, 5.74) is 6.24. The number of nitrogens with zero attached hydrogens (tertiary/aromatic N) is 1. The Bertz CT molecular complexity index is 635. The van der Waals surface area contributed by atoms with Gasteiger partial charge in [-0.3, -0.25) is 0 Å². The van der Waals surface area contributed by atoms with Crippen LogP contribution >= 0.6 is 15.9 Å². The minimum absolute atomic E-state index is 0.0330. The lowest BCUT2D eigenvalue weighted by Gasteiger charge is -2.34. The summed E-state index contributed by atoms with van der Waals surface area (Å²) in [6.45, 7) is 2.15. The van der Waals surface area contributed by atoms with Gasteiger partial charge in [0.1, 0.15) is 0 Å². The average Bonchev–Trinajstić information content (AvgIpc) is 2.88. The van der Waals surface area contributed by atoms with Gasteiger partial charge in [-0.15, -0.1) is 0 Å². The number of nitrogens with two attached hydrogens (primary N) is 1. The standard InChI is InChI=1S/C14H20BrN3O2S/c15-13-9-12(3-4-14(13)16)21(19,20)17-10-5-7-18-6-1-2-11(18)8-10/h3-4,9-11,17H,1-2,5-8,16H2. The van der Waals surface area contributed by atoms with E-state index in [0.29, 0.717) is 16.2 Å². The molecule has 0 bridgehead atoms. The molecule has 1 aromatic rings. The van der Waals surface area contributed by atoms with Crippen LogP contribution in [-0.2, 0) is 10.0 Å². The molecule has 2 aliphatic rings. The van der Waals surface area contributed by atoms with Crippen LogP contribution in [0.2, 0.25) is 0 Å². The van der Waals surface area contributed by atoms with Crippen LogP contribution in [-0.4, -0.2) is 38.5 Å². The van der Waals surface area contributed by atoms with Crippen molar-refractivity contribution < 1.29 is 8.42 Å². The Labute approximate surface area is 134 Å². The molecule has 2 aliphatic heterocycles. The molecular weight excluding hydrogens is 354 g/mol. The fourth-order valence-electron chi connectivity index (χ4n) is 3.29. The summed E-state index contributed by atoms with van der Waals surface area (Å²) in [7, 11) is -3.48. The van der Waals surface area contributed by atoms with Crippen molar-refractivity contribution >= 4 is 31.6 Å². The van der Waals surface area contributed by atoms with Gasteiger partial charge >= 0.3 is 0 Å². The van der Waals surface area contributed by atoms with Crippen LogP contribution < -0.4 is 10.5 Å². The second-order valence-electron chi connectivity index (χ2n) is 5.86. The van der Waals surface area contributed by atoms with Crippen LogP contribution in [0.3, 0.4) is 0 Å². The van der Waals surface area contributed by atoms with Gasteiger partial charge in [0, 0.05) is 22.2 Å². The highest BCUT2D eigenvalue weighted by Gasteiger charge is 2.33. The predicted molar refractivity (Wildman–Crippen MR) is 86.5 cm³/mol. The summed E-state index contributed by atoms with van der Waals surface area (Å²) < 4.78 is 28.4. The Morgan fingerprint density at radius 1 is 1.29 bits per heavy atom. The first-order chi connectivity index (χ1) is 9.95. The molecule has 1 aromatic carbocycles. The molecule has 7 heteroatoms. The van der Waals surface area contributed by atoms with E-state index in [1.807, 2.05) is 0 Å². The van der Waals surface area contributed by atoms with Crippen LogP contribution in [0.1, 0.15) is 25.7 Å². The van der Waals surface area contributed by atoms with Crippen LogP contribution in [0, 0.1) is 0 Å². The van der Waals surface area contributed by atoms with E-state index in [1.54, 1.807) is 18.2 Å². The summed E-state index contributed by atoms with van der Waals surface area (Å²) >= 11 is 3.28. The quantitative estimate of drug-likeness (QED) is 0.793.